The van der Waals surface area contributed by atoms with Crippen LogP contribution in [0.15, 0.2) is 6.58 Å². The van der Waals surface area contributed by atoms with Crippen LogP contribution in [0.4, 0.5) is 18.0 Å². The molecule has 7 nitrogen and oxygen atoms in total. The van der Waals surface area contributed by atoms with Gasteiger partial charge in [0.2, 0.25) is 0 Å². The molecule has 0 radical (unpaired) electrons. The number of carbonyl (C=O) groups excluding carboxylic acids is 1. The first-order valence-corrected chi connectivity index (χ1v) is 8.82. The van der Waals surface area contributed by atoms with Crippen molar-refractivity contribution in [3.63, 3.8) is 0 Å². The van der Waals surface area contributed by atoms with Gasteiger partial charge in [-0.25, -0.2) is 9.78 Å². The van der Waals surface area contributed by atoms with Crippen molar-refractivity contribution in [3.05, 3.63) is 23.8 Å². The average Bonchev–Trinajstić information content (AvgIpc) is 2.88. The van der Waals surface area contributed by atoms with Gasteiger partial charge in [0.25, 0.3) is 5.91 Å². The van der Waals surface area contributed by atoms with Crippen molar-refractivity contribution in [2.45, 2.75) is 58.9 Å². The van der Waals surface area contributed by atoms with Crippen LogP contribution in [0.25, 0.3) is 6.08 Å². The quantitative estimate of drug-likeness (QED) is 0.805. The van der Waals surface area contributed by atoms with Crippen molar-refractivity contribution in [3.8, 4) is 0 Å². The lowest BCUT2D eigenvalue weighted by Gasteiger charge is -2.52. The first-order valence-electron chi connectivity index (χ1n) is 8.82. The normalized spacial score (nSPS) is 20.1. The maximum atomic E-state index is 13.5. The molecule has 1 saturated heterocycles. The Bertz CT molecular complexity index is 793. The highest BCUT2D eigenvalue weighted by atomic mass is 19.4. The Labute approximate surface area is 161 Å². The molecule has 2 atom stereocenters. The van der Waals surface area contributed by atoms with Gasteiger partial charge < -0.3 is 19.9 Å². The van der Waals surface area contributed by atoms with E-state index in [2.05, 4.69) is 16.9 Å². The first kappa shape index (κ1) is 21.8. The molecule has 1 aliphatic rings. The molecule has 1 fully saturated rings. The molecule has 0 saturated carbocycles. The Morgan fingerprint density at radius 1 is 1.32 bits per heavy atom. The Morgan fingerprint density at radius 2 is 1.89 bits per heavy atom. The number of hydrogen-bond acceptors (Lipinski definition) is 3. The predicted molar refractivity (Wildman–Crippen MR) is 96.9 cm³/mol. The maximum Gasteiger partial charge on any atom is 0.435 e. The number of carboxylic acid groups (broad SMARTS) is 1. The summed E-state index contributed by atoms with van der Waals surface area (Å²) in [6.45, 7) is 12.2. The van der Waals surface area contributed by atoms with Gasteiger partial charge in [-0.1, -0.05) is 27.4 Å². The highest BCUT2D eigenvalue weighted by Crippen LogP contribution is 2.36. The van der Waals surface area contributed by atoms with Crippen molar-refractivity contribution < 1.29 is 27.9 Å². The van der Waals surface area contributed by atoms with Crippen LogP contribution >= 0.6 is 0 Å². The Kier molecular flexibility index (Phi) is 5.55. The zero-order valence-electron chi connectivity index (χ0n) is 16.5. The van der Waals surface area contributed by atoms with Gasteiger partial charge in [-0.3, -0.25) is 4.79 Å². The van der Waals surface area contributed by atoms with Crippen LogP contribution in [0.5, 0.6) is 0 Å². The number of halogens is 3. The smallest absolute Gasteiger partial charge is 0.435 e. The van der Waals surface area contributed by atoms with Crippen molar-refractivity contribution in [2.24, 2.45) is 5.41 Å². The molecular weight excluding hydrogens is 377 g/mol. The molecule has 0 bridgehead atoms. The van der Waals surface area contributed by atoms with Crippen molar-refractivity contribution in [1.82, 2.24) is 19.8 Å². The van der Waals surface area contributed by atoms with Crippen molar-refractivity contribution in [1.29, 1.82) is 0 Å². The van der Waals surface area contributed by atoms with Crippen LogP contribution in [-0.2, 0) is 6.18 Å². The number of hydrogen-bond donors (Lipinski definition) is 2. The number of nitrogens with one attached hydrogen (secondary N) is 1. The van der Waals surface area contributed by atoms with Gasteiger partial charge in [0.05, 0.1) is 12.1 Å². The Balaban J connectivity index is 2.43. The van der Waals surface area contributed by atoms with Crippen LogP contribution in [0, 0.1) is 5.41 Å². The van der Waals surface area contributed by atoms with E-state index in [1.54, 1.807) is 34.6 Å². The number of imidazole rings is 1. The summed E-state index contributed by atoms with van der Waals surface area (Å²) in [5.41, 5.74) is -2.39. The summed E-state index contributed by atoms with van der Waals surface area (Å²) in [6, 6.07) is -1.63. The van der Waals surface area contributed by atoms with E-state index < -0.39 is 53.1 Å². The summed E-state index contributed by atoms with van der Waals surface area (Å²) < 4.78 is 41.7. The van der Waals surface area contributed by atoms with E-state index in [0.29, 0.717) is 0 Å². The number of aromatic nitrogens is 2. The van der Waals surface area contributed by atoms with Crippen LogP contribution in [0.1, 0.15) is 62.7 Å². The molecule has 28 heavy (non-hydrogen) atoms. The van der Waals surface area contributed by atoms with Crippen LogP contribution < -0.4 is 5.32 Å². The number of amides is 2. The zero-order chi connectivity index (χ0) is 21.6. The summed E-state index contributed by atoms with van der Waals surface area (Å²) in [7, 11) is 0. The minimum atomic E-state index is -4.82. The maximum absolute atomic E-state index is 13.5. The lowest BCUT2D eigenvalue weighted by molar-refractivity contribution is -0.141. The lowest BCUT2D eigenvalue weighted by atomic mass is 9.76. The summed E-state index contributed by atoms with van der Waals surface area (Å²) in [6.07, 6.45) is -4.79. The third-order valence-corrected chi connectivity index (χ3v) is 4.68. The van der Waals surface area contributed by atoms with Crippen molar-refractivity contribution >= 4 is 18.1 Å². The van der Waals surface area contributed by atoms with Gasteiger partial charge in [-0.2, -0.15) is 13.2 Å². The molecule has 0 spiro atoms. The third-order valence-electron chi connectivity index (χ3n) is 4.68. The number of likely N-dealkylation sites (tertiary alicyclic amines) is 1. The Morgan fingerprint density at radius 3 is 2.29 bits per heavy atom. The molecule has 1 aliphatic heterocycles. The second-order valence-electron chi connectivity index (χ2n) is 8.16. The molecule has 0 aliphatic carbocycles. The standard InChI is InChI=1S/C18H25F3N4O3/c1-7-11-23-13(18(19,20)21)12(25(11)9(2)3)15(26)22-10-8-24(16(27)28)14(10)17(4,5)6/h7,9-10,14H,1,8H2,2-6H3,(H,22,26)(H,27,28). The van der Waals surface area contributed by atoms with E-state index in [0.717, 1.165) is 0 Å². The van der Waals surface area contributed by atoms with Gasteiger partial charge in [0, 0.05) is 12.6 Å². The van der Waals surface area contributed by atoms with E-state index in [9.17, 15) is 27.9 Å². The monoisotopic (exact) mass is 402 g/mol. The number of carbonyl (C=O) groups is 2. The lowest BCUT2D eigenvalue weighted by Crippen LogP contribution is -2.71. The van der Waals surface area contributed by atoms with Gasteiger partial charge in [-0.15, -0.1) is 0 Å². The summed E-state index contributed by atoms with van der Waals surface area (Å²) in [4.78, 5) is 28.9. The molecule has 10 heteroatoms. The molecular formula is C18H25F3N4O3. The van der Waals surface area contributed by atoms with Gasteiger partial charge in [0.15, 0.2) is 5.69 Å². The highest BCUT2D eigenvalue weighted by Gasteiger charge is 2.50. The van der Waals surface area contributed by atoms with E-state index in [4.69, 9.17) is 0 Å². The zero-order valence-corrected chi connectivity index (χ0v) is 16.5. The van der Waals surface area contributed by atoms with Crippen LogP contribution in [-0.4, -0.2) is 50.2 Å². The summed E-state index contributed by atoms with van der Waals surface area (Å²) >= 11 is 0. The topological polar surface area (TPSA) is 87.5 Å². The summed E-state index contributed by atoms with van der Waals surface area (Å²) in [5.74, 6) is -0.994. The SMILES string of the molecule is C=Cc1nc(C(F)(F)F)c(C(=O)NC2CN(C(=O)O)C2C(C)(C)C)n1C(C)C. The molecule has 0 aromatic carbocycles. The minimum absolute atomic E-state index is 0.00842. The molecule has 2 unspecified atom stereocenters. The van der Waals surface area contributed by atoms with Crippen LogP contribution in [0.3, 0.4) is 0 Å². The Hall–Kier alpha value is -2.52. The van der Waals surface area contributed by atoms with Crippen LogP contribution in [0.2, 0.25) is 0 Å². The van der Waals surface area contributed by atoms with Gasteiger partial charge in [-0.05, 0) is 25.3 Å². The molecule has 1 aromatic heterocycles. The van der Waals surface area contributed by atoms with Gasteiger partial charge in [0.1, 0.15) is 11.5 Å². The van der Waals surface area contributed by atoms with E-state index in [1.807, 2.05) is 0 Å². The number of rotatable bonds is 4. The average molecular weight is 402 g/mol. The third kappa shape index (κ3) is 3.85. The fourth-order valence-electron chi connectivity index (χ4n) is 3.67. The minimum Gasteiger partial charge on any atom is -0.465 e. The summed E-state index contributed by atoms with van der Waals surface area (Å²) in [5, 5.41) is 11.9. The number of nitrogens with zero attached hydrogens (tertiary/aromatic N) is 3. The fraction of sp³-hybridized carbons (Fsp3) is 0.611. The molecule has 2 rings (SSSR count). The fourth-order valence-corrected chi connectivity index (χ4v) is 3.67. The molecule has 1 aromatic rings. The molecule has 2 amide bonds. The molecule has 2 heterocycles. The number of alkyl halides is 3. The van der Waals surface area contributed by atoms with E-state index in [-0.39, 0.29) is 12.4 Å². The van der Waals surface area contributed by atoms with Crippen molar-refractivity contribution in [2.75, 3.05) is 6.54 Å². The van der Waals surface area contributed by atoms with Gasteiger partial charge >= 0.3 is 12.3 Å². The second kappa shape index (κ2) is 7.14. The first-order chi connectivity index (χ1) is 12.7. The molecule has 2 N–H and O–H groups in total. The largest absolute Gasteiger partial charge is 0.465 e. The second-order valence-corrected chi connectivity index (χ2v) is 8.16. The van der Waals surface area contributed by atoms with E-state index in [1.165, 1.54) is 15.5 Å². The highest BCUT2D eigenvalue weighted by molar-refractivity contribution is 5.95. The predicted octanol–water partition coefficient (Wildman–Crippen LogP) is 3.63. The molecule has 156 valence electrons. The van der Waals surface area contributed by atoms with E-state index >= 15 is 0 Å².